The van der Waals surface area contributed by atoms with Crippen molar-refractivity contribution in [3.8, 4) is 0 Å². The molecular weight excluding hydrogens is 236 g/mol. The molecule has 18 heavy (non-hydrogen) atoms. The molecule has 1 amide bonds. The number of amides is 1. The Hall–Kier alpha value is -1.14. The minimum atomic E-state index is -0.768. The second kappa shape index (κ2) is 5.24. The molecule has 0 aromatic heterocycles. The third-order valence-corrected chi connectivity index (χ3v) is 3.70. The highest BCUT2D eigenvalue weighted by molar-refractivity contribution is 5.78. The van der Waals surface area contributed by atoms with Crippen LogP contribution < -0.4 is 10.6 Å². The Bertz CT molecular complexity index is 341. The van der Waals surface area contributed by atoms with E-state index in [4.69, 9.17) is 9.84 Å². The van der Waals surface area contributed by atoms with E-state index in [1.165, 1.54) is 0 Å². The molecule has 1 heterocycles. The van der Waals surface area contributed by atoms with Gasteiger partial charge in [-0.05, 0) is 26.2 Å². The van der Waals surface area contributed by atoms with Gasteiger partial charge in [0.15, 0.2) is 0 Å². The quantitative estimate of drug-likeness (QED) is 0.630. The molecule has 6 nitrogen and oxygen atoms in total. The molecule has 1 saturated carbocycles. The topological polar surface area (TPSA) is 87.7 Å². The van der Waals surface area contributed by atoms with Crippen molar-refractivity contribution in [2.75, 3.05) is 19.7 Å². The summed E-state index contributed by atoms with van der Waals surface area (Å²) in [6.45, 7) is 3.55. The molecule has 2 rings (SSSR count). The van der Waals surface area contributed by atoms with Crippen LogP contribution >= 0.6 is 0 Å². The van der Waals surface area contributed by atoms with Crippen molar-refractivity contribution in [1.82, 2.24) is 10.6 Å². The van der Waals surface area contributed by atoms with Gasteiger partial charge in [0.1, 0.15) is 6.61 Å². The van der Waals surface area contributed by atoms with E-state index >= 15 is 0 Å². The predicted molar refractivity (Wildman–Crippen MR) is 64.1 cm³/mol. The van der Waals surface area contributed by atoms with Crippen molar-refractivity contribution in [2.45, 2.75) is 37.8 Å². The Morgan fingerprint density at radius 1 is 1.44 bits per heavy atom. The lowest BCUT2D eigenvalue weighted by Gasteiger charge is -2.38. The standard InChI is InChI=1S/C12H20N2O4/c1-12(6-13-7-12)18-5-10(15)14-9-3-2-8(4-9)11(16)17/h8-9,13H,2-7H2,1H3,(H,14,15)(H,16,17). The van der Waals surface area contributed by atoms with Gasteiger partial charge in [-0.15, -0.1) is 0 Å². The Kier molecular flexibility index (Phi) is 3.87. The van der Waals surface area contributed by atoms with Crippen LogP contribution in [0.2, 0.25) is 0 Å². The number of carbonyl (C=O) groups excluding carboxylic acids is 1. The number of hydrogen-bond donors (Lipinski definition) is 3. The van der Waals surface area contributed by atoms with E-state index in [0.717, 1.165) is 19.5 Å². The van der Waals surface area contributed by atoms with Crippen LogP contribution in [0.15, 0.2) is 0 Å². The van der Waals surface area contributed by atoms with Crippen LogP contribution in [-0.4, -0.2) is 48.3 Å². The van der Waals surface area contributed by atoms with Gasteiger partial charge < -0.3 is 20.5 Å². The molecule has 2 fully saturated rings. The van der Waals surface area contributed by atoms with Crippen molar-refractivity contribution in [3.05, 3.63) is 0 Å². The van der Waals surface area contributed by atoms with Crippen LogP contribution in [0.5, 0.6) is 0 Å². The molecule has 1 saturated heterocycles. The fourth-order valence-electron chi connectivity index (χ4n) is 2.43. The van der Waals surface area contributed by atoms with Crippen molar-refractivity contribution in [2.24, 2.45) is 5.92 Å². The average Bonchev–Trinajstić information content (AvgIpc) is 2.72. The highest BCUT2D eigenvalue weighted by atomic mass is 16.5. The Balaban J connectivity index is 1.67. The number of ether oxygens (including phenoxy) is 1. The molecule has 2 aliphatic rings. The van der Waals surface area contributed by atoms with Gasteiger partial charge in [0.05, 0.1) is 11.5 Å². The molecule has 3 N–H and O–H groups in total. The fraction of sp³-hybridized carbons (Fsp3) is 0.833. The number of hydrogen-bond acceptors (Lipinski definition) is 4. The average molecular weight is 256 g/mol. The van der Waals surface area contributed by atoms with Crippen molar-refractivity contribution in [1.29, 1.82) is 0 Å². The summed E-state index contributed by atoms with van der Waals surface area (Å²) in [6.07, 6.45) is 1.91. The third kappa shape index (κ3) is 3.20. The molecule has 0 spiro atoms. The summed E-state index contributed by atoms with van der Waals surface area (Å²) in [7, 11) is 0. The van der Waals surface area contributed by atoms with Crippen molar-refractivity contribution < 1.29 is 19.4 Å². The summed E-state index contributed by atoms with van der Waals surface area (Å²) in [5.74, 6) is -1.24. The number of nitrogens with one attached hydrogen (secondary N) is 2. The maximum absolute atomic E-state index is 11.7. The zero-order valence-corrected chi connectivity index (χ0v) is 10.6. The zero-order chi connectivity index (χ0) is 13.2. The summed E-state index contributed by atoms with van der Waals surface area (Å²) in [4.78, 5) is 22.5. The lowest BCUT2D eigenvalue weighted by Crippen LogP contribution is -2.59. The molecule has 2 unspecified atom stereocenters. The number of carbonyl (C=O) groups is 2. The Morgan fingerprint density at radius 3 is 2.67 bits per heavy atom. The highest BCUT2D eigenvalue weighted by Crippen LogP contribution is 2.25. The maximum atomic E-state index is 11.7. The Labute approximate surface area is 106 Å². The molecular formula is C12H20N2O4. The smallest absolute Gasteiger partial charge is 0.306 e. The molecule has 6 heteroatoms. The van der Waals surface area contributed by atoms with Crippen molar-refractivity contribution in [3.63, 3.8) is 0 Å². The molecule has 2 atom stereocenters. The third-order valence-electron chi connectivity index (χ3n) is 3.70. The van der Waals surface area contributed by atoms with Crippen LogP contribution in [-0.2, 0) is 14.3 Å². The van der Waals surface area contributed by atoms with Crippen molar-refractivity contribution >= 4 is 11.9 Å². The number of rotatable bonds is 5. The minimum absolute atomic E-state index is 0.0190. The molecule has 0 aromatic rings. The van der Waals surface area contributed by atoms with E-state index in [1.807, 2.05) is 6.92 Å². The van der Waals surface area contributed by atoms with Gasteiger partial charge in [-0.3, -0.25) is 9.59 Å². The first kappa shape index (κ1) is 13.3. The van der Waals surface area contributed by atoms with Gasteiger partial charge in [-0.25, -0.2) is 0 Å². The number of aliphatic carboxylic acids is 1. The first-order valence-corrected chi connectivity index (χ1v) is 6.35. The second-order valence-electron chi connectivity index (χ2n) is 5.45. The molecule has 0 radical (unpaired) electrons. The summed E-state index contributed by atoms with van der Waals surface area (Å²) in [5.41, 5.74) is -0.226. The van der Waals surface area contributed by atoms with E-state index < -0.39 is 5.97 Å². The first-order valence-electron chi connectivity index (χ1n) is 6.35. The number of carboxylic acids is 1. The van der Waals surface area contributed by atoms with Crippen LogP contribution in [0.4, 0.5) is 0 Å². The maximum Gasteiger partial charge on any atom is 0.306 e. The SMILES string of the molecule is CC1(OCC(=O)NC2CCC(C(=O)O)C2)CNC1. The summed E-state index contributed by atoms with van der Waals surface area (Å²) < 4.78 is 5.52. The lowest BCUT2D eigenvalue weighted by atomic mass is 10.0. The normalized spacial score (nSPS) is 29.6. The van der Waals surface area contributed by atoms with Crippen LogP contribution in [0.3, 0.4) is 0 Å². The van der Waals surface area contributed by atoms with Gasteiger partial charge in [0.2, 0.25) is 5.91 Å². The summed E-state index contributed by atoms with van der Waals surface area (Å²) in [5, 5.41) is 14.8. The molecule has 102 valence electrons. The zero-order valence-electron chi connectivity index (χ0n) is 10.6. The fourth-order valence-corrected chi connectivity index (χ4v) is 2.43. The van der Waals surface area contributed by atoms with Crippen LogP contribution in [0.1, 0.15) is 26.2 Å². The van der Waals surface area contributed by atoms with Crippen LogP contribution in [0, 0.1) is 5.92 Å². The van der Waals surface area contributed by atoms with Gasteiger partial charge in [-0.2, -0.15) is 0 Å². The van der Waals surface area contributed by atoms with E-state index in [9.17, 15) is 9.59 Å². The van der Waals surface area contributed by atoms with E-state index in [-0.39, 0.29) is 30.1 Å². The van der Waals surface area contributed by atoms with E-state index in [2.05, 4.69) is 10.6 Å². The predicted octanol–water partition coefficient (Wildman–Crippen LogP) is -0.266. The monoisotopic (exact) mass is 256 g/mol. The lowest BCUT2D eigenvalue weighted by molar-refractivity contribution is -0.142. The van der Waals surface area contributed by atoms with Gasteiger partial charge in [-0.1, -0.05) is 0 Å². The van der Waals surface area contributed by atoms with Gasteiger partial charge in [0, 0.05) is 19.1 Å². The van der Waals surface area contributed by atoms with Crippen LogP contribution in [0.25, 0.3) is 0 Å². The Morgan fingerprint density at radius 2 is 2.17 bits per heavy atom. The van der Waals surface area contributed by atoms with Gasteiger partial charge in [0.25, 0.3) is 0 Å². The minimum Gasteiger partial charge on any atom is -0.481 e. The molecule has 0 aromatic carbocycles. The van der Waals surface area contributed by atoms with Gasteiger partial charge >= 0.3 is 5.97 Å². The van der Waals surface area contributed by atoms with E-state index in [1.54, 1.807) is 0 Å². The first-order chi connectivity index (χ1) is 8.48. The van der Waals surface area contributed by atoms with E-state index in [0.29, 0.717) is 12.8 Å². The second-order valence-corrected chi connectivity index (χ2v) is 5.45. The molecule has 0 bridgehead atoms. The largest absolute Gasteiger partial charge is 0.481 e. The summed E-state index contributed by atoms with van der Waals surface area (Å²) >= 11 is 0. The number of carboxylic acid groups (broad SMARTS) is 1. The molecule has 1 aliphatic carbocycles. The summed E-state index contributed by atoms with van der Waals surface area (Å²) in [6, 6.07) is -0.0190. The highest BCUT2D eigenvalue weighted by Gasteiger charge is 2.34. The molecule has 1 aliphatic heterocycles.